The molecule has 2 rings (SSSR count). The highest BCUT2D eigenvalue weighted by Crippen LogP contribution is 2.22. The molecule has 2 N–H and O–H groups in total. The van der Waals surface area contributed by atoms with Gasteiger partial charge in [0, 0.05) is 22.8 Å². The zero-order chi connectivity index (χ0) is 13.0. The fraction of sp³-hybridized carbons (Fsp3) is 0.357. The summed E-state index contributed by atoms with van der Waals surface area (Å²) in [6.45, 7) is 8.17. The largest absolute Gasteiger partial charge is 0.384 e. The molecule has 4 heteroatoms. The Kier molecular flexibility index (Phi) is 4.20. The maximum Gasteiger partial charge on any atom is 0.0550 e. The van der Waals surface area contributed by atoms with Gasteiger partial charge < -0.3 is 10.6 Å². The molecule has 2 aromatic rings. The Hall–Kier alpha value is -1.55. The van der Waals surface area contributed by atoms with Crippen molar-refractivity contribution in [1.29, 1.82) is 0 Å². The van der Waals surface area contributed by atoms with E-state index in [2.05, 4.69) is 48.5 Å². The number of hydrogen-bond acceptors (Lipinski definition) is 4. The third-order valence-corrected chi connectivity index (χ3v) is 3.96. The summed E-state index contributed by atoms with van der Waals surface area (Å²) in [6.07, 6.45) is 3.70. The van der Waals surface area contributed by atoms with Crippen LogP contribution in [-0.2, 0) is 6.54 Å². The zero-order valence-electron chi connectivity index (χ0n) is 11.1. The molecular formula is C14H19N3S. The predicted octanol–water partition coefficient (Wildman–Crippen LogP) is 3.80. The van der Waals surface area contributed by atoms with Crippen LogP contribution in [0.1, 0.15) is 22.2 Å². The van der Waals surface area contributed by atoms with Crippen LogP contribution in [0.15, 0.2) is 24.5 Å². The van der Waals surface area contributed by atoms with E-state index in [4.69, 9.17) is 0 Å². The topological polar surface area (TPSA) is 37.0 Å². The van der Waals surface area contributed by atoms with Gasteiger partial charge in [0.05, 0.1) is 23.8 Å². The molecule has 0 amide bonds. The quantitative estimate of drug-likeness (QED) is 0.859. The molecule has 0 aromatic carbocycles. The Morgan fingerprint density at radius 3 is 2.44 bits per heavy atom. The van der Waals surface area contributed by atoms with Crippen LogP contribution in [0.25, 0.3) is 0 Å². The number of hydrogen-bond donors (Lipinski definition) is 2. The fourth-order valence-corrected chi connectivity index (χ4v) is 2.76. The highest BCUT2D eigenvalue weighted by Gasteiger charge is 2.02. The molecule has 0 aliphatic rings. The van der Waals surface area contributed by atoms with Gasteiger partial charge in [-0.1, -0.05) is 0 Å². The molecule has 0 aliphatic carbocycles. The summed E-state index contributed by atoms with van der Waals surface area (Å²) in [4.78, 5) is 6.97. The van der Waals surface area contributed by atoms with Gasteiger partial charge >= 0.3 is 0 Å². The number of thiophene rings is 1. The summed E-state index contributed by atoms with van der Waals surface area (Å²) in [5.41, 5.74) is 3.48. The second-order valence-electron chi connectivity index (χ2n) is 4.30. The van der Waals surface area contributed by atoms with Crippen molar-refractivity contribution in [3.8, 4) is 0 Å². The van der Waals surface area contributed by atoms with Gasteiger partial charge in [-0.05, 0) is 38.5 Å². The van der Waals surface area contributed by atoms with Gasteiger partial charge in [0.25, 0.3) is 0 Å². The average Bonchev–Trinajstić information content (AvgIpc) is 2.67. The van der Waals surface area contributed by atoms with Crippen molar-refractivity contribution in [2.24, 2.45) is 0 Å². The summed E-state index contributed by atoms with van der Waals surface area (Å²) >= 11 is 1.85. The number of nitrogens with one attached hydrogen (secondary N) is 2. The Morgan fingerprint density at radius 1 is 1.11 bits per heavy atom. The van der Waals surface area contributed by atoms with E-state index in [0.29, 0.717) is 0 Å². The van der Waals surface area contributed by atoms with E-state index in [1.165, 1.54) is 15.3 Å². The van der Waals surface area contributed by atoms with Crippen molar-refractivity contribution >= 4 is 22.7 Å². The van der Waals surface area contributed by atoms with E-state index in [1.807, 2.05) is 23.7 Å². The Balaban J connectivity index is 1.99. The first-order valence-corrected chi connectivity index (χ1v) is 6.99. The predicted molar refractivity (Wildman–Crippen MR) is 79.5 cm³/mol. The highest BCUT2D eigenvalue weighted by molar-refractivity contribution is 7.12. The lowest BCUT2D eigenvalue weighted by Gasteiger charge is -2.07. The minimum absolute atomic E-state index is 0.858. The van der Waals surface area contributed by atoms with Crippen LogP contribution in [0.3, 0.4) is 0 Å². The van der Waals surface area contributed by atoms with Crippen molar-refractivity contribution in [1.82, 2.24) is 4.98 Å². The standard InChI is InChI=1S/C14H19N3S/c1-4-16-12-6-13(8-15-7-12)17-9-14-5-10(2)11(3)18-14/h5-8,16-17H,4,9H2,1-3H3. The molecule has 18 heavy (non-hydrogen) atoms. The molecular weight excluding hydrogens is 242 g/mol. The molecule has 2 heterocycles. The van der Waals surface area contributed by atoms with Gasteiger partial charge in [-0.2, -0.15) is 0 Å². The van der Waals surface area contributed by atoms with E-state index in [1.54, 1.807) is 0 Å². The van der Waals surface area contributed by atoms with Crippen LogP contribution in [0.4, 0.5) is 11.4 Å². The molecule has 96 valence electrons. The van der Waals surface area contributed by atoms with E-state index < -0.39 is 0 Å². The molecule has 0 saturated heterocycles. The first-order valence-electron chi connectivity index (χ1n) is 6.17. The third-order valence-electron chi connectivity index (χ3n) is 2.80. The summed E-state index contributed by atoms with van der Waals surface area (Å²) in [7, 11) is 0. The third kappa shape index (κ3) is 3.23. The molecule has 0 bridgehead atoms. The van der Waals surface area contributed by atoms with Gasteiger partial charge in [-0.15, -0.1) is 11.3 Å². The lowest BCUT2D eigenvalue weighted by Crippen LogP contribution is -2.01. The number of pyridine rings is 1. The number of aryl methyl sites for hydroxylation is 2. The first-order chi connectivity index (χ1) is 8.69. The molecule has 0 spiro atoms. The van der Waals surface area contributed by atoms with Gasteiger partial charge in [-0.3, -0.25) is 4.98 Å². The summed E-state index contributed by atoms with van der Waals surface area (Å²) < 4.78 is 0. The monoisotopic (exact) mass is 261 g/mol. The summed E-state index contributed by atoms with van der Waals surface area (Å²) in [6, 6.07) is 4.33. The van der Waals surface area contributed by atoms with Gasteiger partial charge in [-0.25, -0.2) is 0 Å². The lowest BCUT2D eigenvalue weighted by atomic mass is 10.3. The molecule has 0 fully saturated rings. The van der Waals surface area contributed by atoms with Crippen LogP contribution in [0.2, 0.25) is 0 Å². The van der Waals surface area contributed by atoms with Crippen molar-refractivity contribution in [3.05, 3.63) is 39.8 Å². The Labute approximate surface area is 112 Å². The Morgan fingerprint density at radius 2 is 1.83 bits per heavy atom. The maximum atomic E-state index is 4.22. The van der Waals surface area contributed by atoms with Crippen molar-refractivity contribution in [2.45, 2.75) is 27.3 Å². The van der Waals surface area contributed by atoms with Crippen molar-refractivity contribution in [3.63, 3.8) is 0 Å². The molecule has 0 atom stereocenters. The number of rotatable bonds is 5. The van der Waals surface area contributed by atoms with Crippen LogP contribution >= 0.6 is 11.3 Å². The minimum atomic E-state index is 0.858. The Bertz CT molecular complexity index is 500. The minimum Gasteiger partial charge on any atom is -0.384 e. The van der Waals surface area contributed by atoms with Crippen LogP contribution in [0, 0.1) is 13.8 Å². The second-order valence-corrected chi connectivity index (χ2v) is 5.64. The average molecular weight is 261 g/mol. The first kappa shape index (κ1) is 12.9. The number of nitrogens with zero attached hydrogens (tertiary/aromatic N) is 1. The van der Waals surface area contributed by atoms with Crippen LogP contribution in [0.5, 0.6) is 0 Å². The van der Waals surface area contributed by atoms with E-state index in [0.717, 1.165) is 24.5 Å². The maximum absolute atomic E-state index is 4.22. The van der Waals surface area contributed by atoms with E-state index in [-0.39, 0.29) is 0 Å². The normalized spacial score (nSPS) is 10.4. The highest BCUT2D eigenvalue weighted by atomic mass is 32.1. The molecule has 3 nitrogen and oxygen atoms in total. The van der Waals surface area contributed by atoms with Gasteiger partial charge in [0.15, 0.2) is 0 Å². The van der Waals surface area contributed by atoms with Crippen molar-refractivity contribution in [2.75, 3.05) is 17.2 Å². The molecule has 0 radical (unpaired) electrons. The number of anilines is 2. The lowest BCUT2D eigenvalue weighted by molar-refractivity contribution is 1.15. The second kappa shape index (κ2) is 5.87. The summed E-state index contributed by atoms with van der Waals surface area (Å²) in [5, 5.41) is 6.67. The molecule has 2 aromatic heterocycles. The van der Waals surface area contributed by atoms with Crippen LogP contribution < -0.4 is 10.6 Å². The summed E-state index contributed by atoms with van der Waals surface area (Å²) in [5.74, 6) is 0. The van der Waals surface area contributed by atoms with E-state index >= 15 is 0 Å². The van der Waals surface area contributed by atoms with Gasteiger partial charge in [0.1, 0.15) is 0 Å². The smallest absolute Gasteiger partial charge is 0.0550 e. The van der Waals surface area contributed by atoms with Gasteiger partial charge in [0.2, 0.25) is 0 Å². The zero-order valence-corrected chi connectivity index (χ0v) is 11.9. The SMILES string of the molecule is CCNc1cncc(NCc2cc(C)c(C)s2)c1. The van der Waals surface area contributed by atoms with E-state index in [9.17, 15) is 0 Å². The van der Waals surface area contributed by atoms with Crippen LogP contribution in [-0.4, -0.2) is 11.5 Å². The fourth-order valence-electron chi connectivity index (χ4n) is 1.76. The number of aromatic nitrogens is 1. The molecule has 0 unspecified atom stereocenters. The molecule has 0 saturated carbocycles. The van der Waals surface area contributed by atoms with Crippen molar-refractivity contribution < 1.29 is 0 Å². The molecule has 0 aliphatic heterocycles.